The molecule has 232 valence electrons. The number of anilines is 4. The normalized spacial score (nSPS) is 16.2. The molecular weight excluding hydrogens is 552 g/mol. The molecule has 10 nitrogen and oxygen atoms in total. The van der Waals surface area contributed by atoms with Crippen LogP contribution in [0.4, 0.5) is 27.9 Å². The van der Waals surface area contributed by atoms with Gasteiger partial charge in [0.25, 0.3) is 0 Å². The second kappa shape index (κ2) is 12.1. The number of piperidine rings is 1. The Bertz CT molecular complexity index is 1650. The number of aryl methyl sites for hydroxylation is 3. The number of hydrogen-bond donors (Lipinski definition) is 2. The van der Waals surface area contributed by atoms with Gasteiger partial charge in [-0.3, -0.25) is 4.90 Å². The fourth-order valence-corrected chi connectivity index (χ4v) is 6.29. The summed E-state index contributed by atoms with van der Waals surface area (Å²) in [7, 11) is 1.91. The molecule has 0 bridgehead atoms. The van der Waals surface area contributed by atoms with E-state index in [2.05, 4.69) is 70.8 Å². The lowest BCUT2D eigenvalue weighted by molar-refractivity contribution is 0.0167. The fraction of sp³-hybridized carbons (Fsp3) is 0.471. The monoisotopic (exact) mass is 596 g/mol. The van der Waals surface area contributed by atoms with E-state index in [0.29, 0.717) is 11.9 Å². The number of nitrogens with zero attached hydrogens (tertiary/aromatic N) is 6. The number of ether oxygens (including phenoxy) is 1. The van der Waals surface area contributed by atoms with Crippen LogP contribution in [0.25, 0.3) is 11.0 Å². The fourth-order valence-electron chi connectivity index (χ4n) is 6.29. The third kappa shape index (κ3) is 6.65. The van der Waals surface area contributed by atoms with Crippen molar-refractivity contribution >= 4 is 40.3 Å². The molecule has 0 unspecified atom stereocenters. The number of benzene rings is 2. The average Bonchev–Trinajstić information content (AvgIpc) is 3.28. The summed E-state index contributed by atoms with van der Waals surface area (Å²) in [4.78, 5) is 26.3. The van der Waals surface area contributed by atoms with Crippen LogP contribution in [-0.2, 0) is 24.8 Å². The van der Waals surface area contributed by atoms with Gasteiger partial charge in [-0.1, -0.05) is 24.3 Å². The van der Waals surface area contributed by atoms with E-state index < -0.39 is 5.60 Å². The summed E-state index contributed by atoms with van der Waals surface area (Å²) in [5.74, 6) is 1.88. The summed E-state index contributed by atoms with van der Waals surface area (Å²) in [6.07, 6.45) is 4.71. The van der Waals surface area contributed by atoms with Gasteiger partial charge in [0.2, 0.25) is 5.95 Å². The van der Waals surface area contributed by atoms with E-state index in [1.54, 1.807) is 4.68 Å². The van der Waals surface area contributed by atoms with E-state index in [4.69, 9.17) is 14.8 Å². The van der Waals surface area contributed by atoms with Crippen LogP contribution in [0.15, 0.2) is 42.6 Å². The summed E-state index contributed by atoms with van der Waals surface area (Å²) >= 11 is 0. The third-order valence-electron chi connectivity index (χ3n) is 8.64. The highest BCUT2D eigenvalue weighted by molar-refractivity contribution is 5.90. The standard InChI is InChI=1S/C34H44N8O2/c1-22-8-7-9-23(2)29(22)37-30-28-19-35-32(38-31(28)40(6)39-30)36-27-11-10-25-14-15-41(21-26(25)18-27)20-24-12-16-42(17-13-24)33(43)44-34(3,4)5/h7-11,18-19,24H,12-17,20-21H2,1-6H3,(H,37,39)(H,35,36,38). The molecule has 2 aliphatic rings. The van der Waals surface area contributed by atoms with E-state index in [-0.39, 0.29) is 6.09 Å². The Kier molecular flexibility index (Phi) is 8.20. The number of nitrogens with one attached hydrogen (secondary N) is 2. The Hall–Kier alpha value is -4.18. The van der Waals surface area contributed by atoms with Crippen molar-refractivity contribution in [3.05, 3.63) is 64.8 Å². The number of hydrogen-bond acceptors (Lipinski definition) is 8. The topological polar surface area (TPSA) is 100 Å². The Balaban J connectivity index is 1.09. The summed E-state index contributed by atoms with van der Waals surface area (Å²) in [5.41, 5.74) is 7.41. The van der Waals surface area contributed by atoms with Gasteiger partial charge in [0, 0.05) is 57.3 Å². The van der Waals surface area contributed by atoms with Crippen LogP contribution < -0.4 is 10.6 Å². The Morgan fingerprint density at radius 3 is 2.50 bits per heavy atom. The Labute approximate surface area is 259 Å². The maximum absolute atomic E-state index is 12.5. The Morgan fingerprint density at radius 1 is 1.02 bits per heavy atom. The summed E-state index contributed by atoms with van der Waals surface area (Å²) in [6.45, 7) is 14.5. The molecule has 10 heteroatoms. The lowest BCUT2D eigenvalue weighted by Crippen LogP contribution is -2.44. The van der Waals surface area contributed by atoms with Crippen molar-refractivity contribution < 1.29 is 9.53 Å². The minimum Gasteiger partial charge on any atom is -0.444 e. The minimum atomic E-state index is -0.456. The van der Waals surface area contributed by atoms with Crippen molar-refractivity contribution in [1.82, 2.24) is 29.5 Å². The number of rotatable bonds is 6. The second-order valence-corrected chi connectivity index (χ2v) is 13.3. The molecule has 2 aromatic heterocycles. The largest absolute Gasteiger partial charge is 0.444 e. The van der Waals surface area contributed by atoms with Crippen molar-refractivity contribution in [2.24, 2.45) is 13.0 Å². The zero-order valence-electron chi connectivity index (χ0n) is 26.8. The molecule has 0 atom stereocenters. The number of carbonyl (C=O) groups is 1. The number of amides is 1. The first-order valence-corrected chi connectivity index (χ1v) is 15.6. The molecule has 1 saturated heterocycles. The van der Waals surface area contributed by atoms with Crippen molar-refractivity contribution in [2.75, 3.05) is 36.8 Å². The number of para-hydroxylation sites is 1. The number of likely N-dealkylation sites (tertiary alicyclic amines) is 1. The number of fused-ring (bicyclic) bond motifs is 2. The zero-order valence-corrected chi connectivity index (χ0v) is 26.8. The van der Waals surface area contributed by atoms with Gasteiger partial charge in [-0.15, -0.1) is 0 Å². The predicted molar refractivity (Wildman–Crippen MR) is 175 cm³/mol. The van der Waals surface area contributed by atoms with E-state index in [0.717, 1.165) is 91.3 Å². The first kappa shape index (κ1) is 29.9. The van der Waals surface area contributed by atoms with Crippen LogP contribution in [-0.4, -0.2) is 67.4 Å². The van der Waals surface area contributed by atoms with Crippen molar-refractivity contribution in [3.8, 4) is 0 Å². The van der Waals surface area contributed by atoms with Crippen molar-refractivity contribution in [2.45, 2.75) is 66.0 Å². The summed E-state index contributed by atoms with van der Waals surface area (Å²) in [5, 5.41) is 12.5. The first-order chi connectivity index (χ1) is 21.0. The Morgan fingerprint density at radius 2 is 1.77 bits per heavy atom. The molecule has 0 saturated carbocycles. The van der Waals surface area contributed by atoms with Gasteiger partial charge < -0.3 is 20.3 Å². The lowest BCUT2D eigenvalue weighted by Gasteiger charge is -2.37. The predicted octanol–water partition coefficient (Wildman–Crippen LogP) is 6.47. The molecule has 2 aromatic carbocycles. The molecular formula is C34H44N8O2. The number of carbonyl (C=O) groups excluding carboxylic acids is 1. The first-order valence-electron chi connectivity index (χ1n) is 15.6. The molecule has 1 fully saturated rings. The maximum Gasteiger partial charge on any atom is 0.410 e. The average molecular weight is 597 g/mol. The van der Waals surface area contributed by atoms with E-state index in [1.807, 2.05) is 38.9 Å². The molecule has 2 aliphatic heterocycles. The number of aromatic nitrogens is 4. The molecule has 6 rings (SSSR count). The lowest BCUT2D eigenvalue weighted by atomic mass is 9.94. The van der Waals surface area contributed by atoms with E-state index >= 15 is 0 Å². The van der Waals surface area contributed by atoms with Gasteiger partial charge in [-0.05, 0) is 94.2 Å². The molecule has 2 N–H and O–H groups in total. The van der Waals surface area contributed by atoms with Gasteiger partial charge in [0.05, 0.1) is 5.39 Å². The van der Waals surface area contributed by atoms with Crippen LogP contribution in [0, 0.1) is 19.8 Å². The molecule has 4 aromatic rings. The molecule has 1 amide bonds. The van der Waals surface area contributed by atoms with Crippen LogP contribution in [0.3, 0.4) is 0 Å². The smallest absolute Gasteiger partial charge is 0.410 e. The molecule has 44 heavy (non-hydrogen) atoms. The molecule has 0 aliphatic carbocycles. The van der Waals surface area contributed by atoms with Gasteiger partial charge in [0.1, 0.15) is 5.60 Å². The SMILES string of the molecule is Cc1cccc(C)c1Nc1nn(C)c2nc(Nc3ccc4c(c3)CN(CC3CCN(C(=O)OC(C)(C)C)CC3)CC4)ncc12. The van der Waals surface area contributed by atoms with Crippen LogP contribution in [0.2, 0.25) is 0 Å². The van der Waals surface area contributed by atoms with Crippen molar-refractivity contribution in [1.29, 1.82) is 0 Å². The van der Waals surface area contributed by atoms with Crippen LogP contribution in [0.5, 0.6) is 0 Å². The second-order valence-electron chi connectivity index (χ2n) is 13.3. The van der Waals surface area contributed by atoms with Gasteiger partial charge in [0.15, 0.2) is 11.5 Å². The van der Waals surface area contributed by atoms with Crippen LogP contribution >= 0.6 is 0 Å². The van der Waals surface area contributed by atoms with Gasteiger partial charge in [-0.25, -0.2) is 14.5 Å². The highest BCUT2D eigenvalue weighted by atomic mass is 16.6. The van der Waals surface area contributed by atoms with Crippen molar-refractivity contribution in [3.63, 3.8) is 0 Å². The minimum absolute atomic E-state index is 0.191. The molecule has 0 radical (unpaired) electrons. The maximum atomic E-state index is 12.5. The van der Waals surface area contributed by atoms with Gasteiger partial charge >= 0.3 is 6.09 Å². The van der Waals surface area contributed by atoms with E-state index in [9.17, 15) is 4.79 Å². The van der Waals surface area contributed by atoms with Crippen LogP contribution in [0.1, 0.15) is 55.9 Å². The summed E-state index contributed by atoms with van der Waals surface area (Å²) < 4.78 is 7.36. The molecule has 4 heterocycles. The zero-order chi connectivity index (χ0) is 31.0. The quantitative estimate of drug-likeness (QED) is 0.261. The van der Waals surface area contributed by atoms with E-state index in [1.165, 1.54) is 11.1 Å². The summed E-state index contributed by atoms with van der Waals surface area (Å²) in [6, 6.07) is 12.8. The highest BCUT2D eigenvalue weighted by Gasteiger charge is 2.28. The van der Waals surface area contributed by atoms with Gasteiger partial charge in [-0.2, -0.15) is 10.1 Å². The molecule has 0 spiro atoms. The highest BCUT2D eigenvalue weighted by Crippen LogP contribution is 2.30. The third-order valence-corrected chi connectivity index (χ3v) is 8.64.